The average Bonchev–Trinajstić information content (AvgIpc) is 3.23. The van der Waals surface area contributed by atoms with Crippen LogP contribution in [0.15, 0.2) is 47.4 Å². The second-order valence-corrected chi connectivity index (χ2v) is 8.79. The number of carbonyl (C=O) groups is 1. The van der Waals surface area contributed by atoms with Gasteiger partial charge in [-0.3, -0.25) is 4.79 Å². The highest BCUT2D eigenvalue weighted by molar-refractivity contribution is 7.89. The van der Waals surface area contributed by atoms with E-state index in [0.717, 1.165) is 19.6 Å². The molecule has 0 unspecified atom stereocenters. The summed E-state index contributed by atoms with van der Waals surface area (Å²) >= 11 is 0. The van der Waals surface area contributed by atoms with Gasteiger partial charge >= 0.3 is 0 Å². The van der Waals surface area contributed by atoms with Gasteiger partial charge in [0.25, 0.3) is 5.91 Å². The van der Waals surface area contributed by atoms with E-state index in [0.29, 0.717) is 35.8 Å². The van der Waals surface area contributed by atoms with Crippen LogP contribution in [0, 0.1) is 0 Å². The van der Waals surface area contributed by atoms with Gasteiger partial charge in [0.1, 0.15) is 0 Å². The maximum Gasteiger partial charge on any atom is 0.259 e. The first-order chi connectivity index (χ1) is 14.0. The maximum atomic E-state index is 12.9. The zero-order chi connectivity index (χ0) is 20.4. The Labute approximate surface area is 170 Å². The number of likely N-dealkylation sites (N-methyl/N-ethyl adjacent to an activating group) is 1. The molecule has 0 spiro atoms. The Morgan fingerprint density at radius 2 is 1.76 bits per heavy atom. The highest BCUT2D eigenvalue weighted by Gasteiger charge is 2.28. The van der Waals surface area contributed by atoms with E-state index in [9.17, 15) is 13.2 Å². The van der Waals surface area contributed by atoms with Gasteiger partial charge in [0.2, 0.25) is 16.8 Å². The third kappa shape index (κ3) is 3.93. The van der Waals surface area contributed by atoms with Crippen molar-refractivity contribution in [2.45, 2.75) is 11.8 Å². The summed E-state index contributed by atoms with van der Waals surface area (Å²) in [4.78, 5) is 15.0. The minimum atomic E-state index is -3.54. The predicted molar refractivity (Wildman–Crippen MR) is 108 cm³/mol. The highest BCUT2D eigenvalue weighted by Crippen LogP contribution is 2.35. The van der Waals surface area contributed by atoms with E-state index in [-0.39, 0.29) is 17.6 Å². The molecule has 0 saturated carbocycles. The number of sulfonamides is 1. The molecule has 9 heteroatoms. The van der Waals surface area contributed by atoms with E-state index in [4.69, 9.17) is 9.47 Å². The minimum Gasteiger partial charge on any atom is -0.454 e. The van der Waals surface area contributed by atoms with Crippen LogP contribution < -0.4 is 14.8 Å². The molecule has 0 radical (unpaired) electrons. The highest BCUT2D eigenvalue weighted by atomic mass is 32.2. The number of para-hydroxylation sites is 1. The number of ether oxygens (including phenoxy) is 2. The van der Waals surface area contributed by atoms with Crippen molar-refractivity contribution in [3.63, 3.8) is 0 Å². The normalized spacial score (nSPS) is 17.3. The summed E-state index contributed by atoms with van der Waals surface area (Å²) in [5.41, 5.74) is 0.867. The second kappa shape index (κ2) is 8.02. The third-order valence-corrected chi connectivity index (χ3v) is 7.08. The van der Waals surface area contributed by atoms with Crippen molar-refractivity contribution in [2.75, 3.05) is 44.8 Å². The molecule has 1 N–H and O–H groups in total. The van der Waals surface area contributed by atoms with Gasteiger partial charge in [0.05, 0.1) is 10.5 Å². The summed E-state index contributed by atoms with van der Waals surface area (Å²) in [6.45, 7) is 5.50. The number of fused-ring (bicyclic) bond motifs is 1. The first-order valence-electron chi connectivity index (χ1n) is 9.51. The molecule has 0 aliphatic carbocycles. The Morgan fingerprint density at radius 1 is 1.03 bits per heavy atom. The largest absolute Gasteiger partial charge is 0.454 e. The Kier molecular flexibility index (Phi) is 5.44. The fraction of sp³-hybridized carbons (Fsp3) is 0.350. The van der Waals surface area contributed by atoms with Gasteiger partial charge in [-0.25, -0.2) is 8.42 Å². The zero-order valence-corrected chi connectivity index (χ0v) is 16.9. The van der Waals surface area contributed by atoms with E-state index >= 15 is 0 Å². The molecule has 0 aromatic heterocycles. The van der Waals surface area contributed by atoms with Gasteiger partial charge in [0.15, 0.2) is 11.5 Å². The van der Waals surface area contributed by atoms with E-state index in [2.05, 4.69) is 17.1 Å². The van der Waals surface area contributed by atoms with Gasteiger partial charge in [-0.05, 0) is 42.9 Å². The molecule has 2 aliphatic rings. The van der Waals surface area contributed by atoms with Crippen molar-refractivity contribution in [3.8, 4) is 11.5 Å². The number of rotatable bonds is 5. The van der Waals surface area contributed by atoms with Crippen LogP contribution in [0.5, 0.6) is 11.5 Å². The van der Waals surface area contributed by atoms with Crippen LogP contribution in [-0.4, -0.2) is 63.0 Å². The number of hydrogen-bond acceptors (Lipinski definition) is 6. The smallest absolute Gasteiger partial charge is 0.259 e. The van der Waals surface area contributed by atoms with Crippen LogP contribution in [0.3, 0.4) is 0 Å². The van der Waals surface area contributed by atoms with Crippen LogP contribution in [0.1, 0.15) is 17.3 Å². The molecule has 154 valence electrons. The molecule has 2 aromatic rings. The zero-order valence-electron chi connectivity index (χ0n) is 16.1. The number of anilines is 1. The summed E-state index contributed by atoms with van der Waals surface area (Å²) in [6.07, 6.45) is 0. The van der Waals surface area contributed by atoms with Crippen LogP contribution in [0.4, 0.5) is 5.69 Å². The lowest BCUT2D eigenvalue weighted by Gasteiger charge is -2.33. The van der Waals surface area contributed by atoms with E-state index in [1.807, 2.05) is 0 Å². The first-order valence-corrected chi connectivity index (χ1v) is 11.0. The standard InChI is InChI=1S/C20H23N3O5S/c1-2-22-10-12-23(13-11-22)29(25,26)16-8-6-15(7-9-16)21-20(24)17-4-3-5-18-19(17)28-14-27-18/h3-9H,2,10-14H2,1H3,(H,21,24). The number of piperazine rings is 1. The van der Waals surface area contributed by atoms with Gasteiger partial charge < -0.3 is 19.7 Å². The summed E-state index contributed by atoms with van der Waals surface area (Å²) in [6, 6.07) is 11.3. The van der Waals surface area contributed by atoms with Crippen molar-refractivity contribution in [3.05, 3.63) is 48.0 Å². The summed E-state index contributed by atoms with van der Waals surface area (Å²) in [5.74, 6) is 0.594. The van der Waals surface area contributed by atoms with Crippen molar-refractivity contribution >= 4 is 21.6 Å². The number of nitrogens with zero attached hydrogens (tertiary/aromatic N) is 2. The van der Waals surface area contributed by atoms with Crippen molar-refractivity contribution in [1.29, 1.82) is 0 Å². The molecule has 8 nitrogen and oxygen atoms in total. The molecular formula is C20H23N3O5S. The van der Waals surface area contributed by atoms with Crippen LogP contribution in [0.25, 0.3) is 0 Å². The number of benzene rings is 2. The summed E-state index contributed by atoms with van der Waals surface area (Å²) in [7, 11) is -3.54. The van der Waals surface area contributed by atoms with E-state index in [1.165, 1.54) is 16.4 Å². The van der Waals surface area contributed by atoms with E-state index in [1.54, 1.807) is 30.3 Å². The Bertz CT molecular complexity index is 999. The molecule has 0 bridgehead atoms. The van der Waals surface area contributed by atoms with Crippen LogP contribution in [0.2, 0.25) is 0 Å². The average molecular weight is 417 g/mol. The molecule has 0 atom stereocenters. The minimum absolute atomic E-state index is 0.0820. The lowest BCUT2D eigenvalue weighted by Crippen LogP contribution is -2.48. The van der Waals surface area contributed by atoms with E-state index < -0.39 is 10.0 Å². The molecule has 1 amide bonds. The fourth-order valence-electron chi connectivity index (χ4n) is 3.45. The Hall–Kier alpha value is -2.62. The maximum absolute atomic E-state index is 12.9. The SMILES string of the molecule is CCN1CCN(S(=O)(=O)c2ccc(NC(=O)c3cccc4c3OCO4)cc2)CC1. The quantitative estimate of drug-likeness (QED) is 0.801. The monoisotopic (exact) mass is 417 g/mol. The number of carbonyl (C=O) groups excluding carboxylic acids is 1. The topological polar surface area (TPSA) is 88.2 Å². The van der Waals surface area contributed by atoms with Gasteiger partial charge in [0, 0.05) is 31.9 Å². The van der Waals surface area contributed by atoms with Crippen LogP contribution in [-0.2, 0) is 10.0 Å². The lowest BCUT2D eigenvalue weighted by atomic mass is 10.1. The van der Waals surface area contributed by atoms with Gasteiger partial charge in [-0.2, -0.15) is 4.31 Å². The molecular weight excluding hydrogens is 394 g/mol. The van der Waals surface area contributed by atoms with Crippen LogP contribution >= 0.6 is 0 Å². The molecule has 2 heterocycles. The van der Waals surface area contributed by atoms with Gasteiger partial charge in [-0.15, -0.1) is 0 Å². The number of nitrogens with one attached hydrogen (secondary N) is 1. The lowest BCUT2D eigenvalue weighted by molar-refractivity contribution is 0.102. The number of amides is 1. The molecule has 2 aliphatic heterocycles. The predicted octanol–water partition coefficient (Wildman–Crippen LogP) is 1.99. The third-order valence-electron chi connectivity index (χ3n) is 5.17. The van der Waals surface area contributed by atoms with Crippen molar-refractivity contribution in [2.24, 2.45) is 0 Å². The molecule has 1 saturated heterocycles. The van der Waals surface area contributed by atoms with Gasteiger partial charge in [-0.1, -0.05) is 13.0 Å². The Balaban J connectivity index is 1.46. The molecule has 4 rings (SSSR count). The second-order valence-electron chi connectivity index (χ2n) is 6.86. The molecule has 2 aromatic carbocycles. The fourth-order valence-corrected chi connectivity index (χ4v) is 4.88. The summed E-state index contributed by atoms with van der Waals surface area (Å²) < 4.78 is 37.9. The Morgan fingerprint density at radius 3 is 2.45 bits per heavy atom. The van der Waals surface area contributed by atoms with Crippen molar-refractivity contribution in [1.82, 2.24) is 9.21 Å². The first kappa shape index (κ1) is 19.7. The van der Waals surface area contributed by atoms with Crippen molar-refractivity contribution < 1.29 is 22.7 Å². The summed E-state index contributed by atoms with van der Waals surface area (Å²) in [5, 5.41) is 2.77. The molecule has 1 fully saturated rings. The number of hydrogen-bond donors (Lipinski definition) is 1. The molecule has 29 heavy (non-hydrogen) atoms.